The lowest BCUT2D eigenvalue weighted by Crippen LogP contribution is -2.11. The number of anilines is 1. The van der Waals surface area contributed by atoms with Crippen molar-refractivity contribution in [1.82, 2.24) is 0 Å². The van der Waals surface area contributed by atoms with Crippen LogP contribution in [0.4, 0.5) is 5.69 Å². The molecule has 1 amide bonds. The standard InChI is InChI=1S/C17H19NOS/c1-2-12-8-9-15-13(10-12)11-16(20-15)17(19)18-14-6-4-3-5-7-14/h3-7,11-12H,2,8-10H2,1H3,(H,18,19)/t12-/m1/s1. The monoisotopic (exact) mass is 285 g/mol. The van der Waals surface area contributed by atoms with E-state index in [9.17, 15) is 4.79 Å². The Morgan fingerprint density at radius 1 is 1.35 bits per heavy atom. The smallest absolute Gasteiger partial charge is 0.265 e. The van der Waals surface area contributed by atoms with Crippen molar-refractivity contribution in [3.05, 3.63) is 51.7 Å². The van der Waals surface area contributed by atoms with Gasteiger partial charge < -0.3 is 5.32 Å². The fourth-order valence-corrected chi connectivity index (χ4v) is 3.88. The molecule has 0 fully saturated rings. The van der Waals surface area contributed by atoms with Crippen molar-refractivity contribution in [1.29, 1.82) is 0 Å². The summed E-state index contributed by atoms with van der Waals surface area (Å²) in [5.41, 5.74) is 2.25. The molecule has 2 aromatic rings. The van der Waals surface area contributed by atoms with E-state index < -0.39 is 0 Å². The van der Waals surface area contributed by atoms with E-state index in [1.807, 2.05) is 30.3 Å². The summed E-state index contributed by atoms with van der Waals surface area (Å²) in [6.07, 6.45) is 4.78. The van der Waals surface area contributed by atoms with Gasteiger partial charge in [-0.2, -0.15) is 0 Å². The molecule has 1 aliphatic rings. The van der Waals surface area contributed by atoms with Crippen LogP contribution < -0.4 is 5.32 Å². The number of thiophene rings is 1. The summed E-state index contributed by atoms with van der Waals surface area (Å²) in [7, 11) is 0. The number of benzene rings is 1. The van der Waals surface area contributed by atoms with Gasteiger partial charge in [0.15, 0.2) is 0 Å². The third-order valence-corrected chi connectivity index (χ3v) is 5.25. The fraction of sp³-hybridized carbons (Fsp3) is 0.353. The minimum atomic E-state index is 0.0173. The van der Waals surface area contributed by atoms with E-state index in [1.54, 1.807) is 11.3 Å². The van der Waals surface area contributed by atoms with Gasteiger partial charge in [-0.3, -0.25) is 4.79 Å². The Morgan fingerprint density at radius 3 is 2.90 bits per heavy atom. The van der Waals surface area contributed by atoms with Crippen LogP contribution >= 0.6 is 11.3 Å². The molecule has 2 nitrogen and oxygen atoms in total. The zero-order chi connectivity index (χ0) is 13.9. The number of carbonyl (C=O) groups is 1. The van der Waals surface area contributed by atoms with Gasteiger partial charge in [-0.1, -0.05) is 31.5 Å². The van der Waals surface area contributed by atoms with E-state index in [0.717, 1.165) is 29.3 Å². The molecule has 104 valence electrons. The van der Waals surface area contributed by atoms with Gasteiger partial charge in [-0.05, 0) is 48.9 Å². The molecule has 0 aliphatic heterocycles. The van der Waals surface area contributed by atoms with E-state index in [-0.39, 0.29) is 5.91 Å². The Kier molecular flexibility index (Phi) is 3.88. The number of amides is 1. The van der Waals surface area contributed by atoms with Crippen LogP contribution in [0, 0.1) is 5.92 Å². The van der Waals surface area contributed by atoms with Crippen molar-refractivity contribution in [3.63, 3.8) is 0 Å². The molecule has 0 unspecified atom stereocenters. The molecule has 3 heteroatoms. The molecular formula is C17H19NOS. The predicted octanol–water partition coefficient (Wildman–Crippen LogP) is 4.52. The van der Waals surface area contributed by atoms with Gasteiger partial charge in [-0.15, -0.1) is 11.3 Å². The number of fused-ring (bicyclic) bond motifs is 1. The third kappa shape index (κ3) is 2.78. The highest BCUT2D eigenvalue weighted by Gasteiger charge is 2.21. The highest BCUT2D eigenvalue weighted by atomic mass is 32.1. The van der Waals surface area contributed by atoms with Crippen LogP contribution in [0.3, 0.4) is 0 Å². The van der Waals surface area contributed by atoms with Crippen LogP contribution in [0.1, 0.15) is 39.9 Å². The second kappa shape index (κ2) is 5.80. The number of carbonyl (C=O) groups excluding carboxylic acids is 1. The molecule has 3 rings (SSSR count). The van der Waals surface area contributed by atoms with E-state index in [0.29, 0.717) is 0 Å². The third-order valence-electron chi connectivity index (χ3n) is 4.02. The minimum Gasteiger partial charge on any atom is -0.321 e. The highest BCUT2D eigenvalue weighted by Crippen LogP contribution is 2.33. The number of aryl methyl sites for hydroxylation is 1. The summed E-state index contributed by atoms with van der Waals surface area (Å²) in [6.45, 7) is 2.26. The summed E-state index contributed by atoms with van der Waals surface area (Å²) >= 11 is 1.66. The molecule has 0 radical (unpaired) electrons. The number of rotatable bonds is 3. The Bertz CT molecular complexity index is 603. The number of hydrogen-bond acceptors (Lipinski definition) is 2. The summed E-state index contributed by atoms with van der Waals surface area (Å²) in [4.78, 5) is 14.5. The Morgan fingerprint density at radius 2 is 2.15 bits per heavy atom. The number of nitrogens with one attached hydrogen (secondary N) is 1. The predicted molar refractivity (Wildman–Crippen MR) is 84.5 cm³/mol. The molecule has 0 bridgehead atoms. The fourth-order valence-electron chi connectivity index (χ4n) is 2.77. The second-order valence-corrected chi connectivity index (χ2v) is 6.53. The van der Waals surface area contributed by atoms with E-state index in [1.165, 1.54) is 23.3 Å². The van der Waals surface area contributed by atoms with Gasteiger partial charge in [0.2, 0.25) is 0 Å². The van der Waals surface area contributed by atoms with Crippen molar-refractivity contribution >= 4 is 22.9 Å². The van der Waals surface area contributed by atoms with Gasteiger partial charge in [0, 0.05) is 10.6 Å². The Labute approximate surface area is 123 Å². The van der Waals surface area contributed by atoms with Gasteiger partial charge >= 0.3 is 0 Å². The maximum Gasteiger partial charge on any atom is 0.265 e. The van der Waals surface area contributed by atoms with Crippen LogP contribution in [-0.4, -0.2) is 5.91 Å². The maximum atomic E-state index is 12.3. The maximum absolute atomic E-state index is 12.3. The quantitative estimate of drug-likeness (QED) is 0.883. The van der Waals surface area contributed by atoms with Crippen LogP contribution in [0.15, 0.2) is 36.4 Å². The molecule has 20 heavy (non-hydrogen) atoms. The van der Waals surface area contributed by atoms with Crippen molar-refractivity contribution in [2.75, 3.05) is 5.32 Å². The molecule has 0 saturated carbocycles. The van der Waals surface area contributed by atoms with Crippen molar-refractivity contribution < 1.29 is 4.79 Å². The van der Waals surface area contributed by atoms with Crippen LogP contribution in [0.5, 0.6) is 0 Å². The van der Waals surface area contributed by atoms with E-state index >= 15 is 0 Å². The normalized spacial score (nSPS) is 17.6. The average Bonchev–Trinajstić information content (AvgIpc) is 2.91. The molecular weight excluding hydrogens is 266 g/mol. The Hall–Kier alpha value is -1.61. The lowest BCUT2D eigenvalue weighted by Gasteiger charge is -2.19. The van der Waals surface area contributed by atoms with Crippen molar-refractivity contribution in [3.8, 4) is 0 Å². The Balaban J connectivity index is 1.75. The topological polar surface area (TPSA) is 29.1 Å². The molecule has 1 aliphatic carbocycles. The first-order valence-electron chi connectivity index (χ1n) is 7.24. The summed E-state index contributed by atoms with van der Waals surface area (Å²) < 4.78 is 0. The van der Waals surface area contributed by atoms with Gasteiger partial charge in [-0.25, -0.2) is 0 Å². The lowest BCUT2D eigenvalue weighted by molar-refractivity contribution is 0.103. The first kappa shape index (κ1) is 13.4. The molecule has 0 saturated heterocycles. The number of hydrogen-bond donors (Lipinski definition) is 1. The first-order valence-corrected chi connectivity index (χ1v) is 8.06. The van der Waals surface area contributed by atoms with Crippen molar-refractivity contribution in [2.24, 2.45) is 5.92 Å². The summed E-state index contributed by atoms with van der Waals surface area (Å²) in [6, 6.07) is 11.7. The molecule has 1 atom stereocenters. The second-order valence-electron chi connectivity index (χ2n) is 5.40. The molecule has 1 N–H and O–H groups in total. The van der Waals surface area contributed by atoms with Crippen LogP contribution in [-0.2, 0) is 12.8 Å². The molecule has 1 aromatic carbocycles. The van der Waals surface area contributed by atoms with Crippen LogP contribution in [0.25, 0.3) is 0 Å². The number of para-hydroxylation sites is 1. The zero-order valence-corrected chi connectivity index (χ0v) is 12.5. The van der Waals surface area contributed by atoms with Crippen molar-refractivity contribution in [2.45, 2.75) is 32.6 Å². The summed E-state index contributed by atoms with van der Waals surface area (Å²) in [5, 5.41) is 2.96. The average molecular weight is 285 g/mol. The van der Waals surface area contributed by atoms with Gasteiger partial charge in [0.05, 0.1) is 4.88 Å². The first-order chi connectivity index (χ1) is 9.76. The highest BCUT2D eigenvalue weighted by molar-refractivity contribution is 7.14. The largest absolute Gasteiger partial charge is 0.321 e. The van der Waals surface area contributed by atoms with E-state index in [4.69, 9.17) is 0 Å². The lowest BCUT2D eigenvalue weighted by atomic mass is 9.87. The van der Waals surface area contributed by atoms with E-state index in [2.05, 4.69) is 18.3 Å². The van der Waals surface area contributed by atoms with Crippen LogP contribution in [0.2, 0.25) is 0 Å². The van der Waals surface area contributed by atoms with Gasteiger partial charge in [0.1, 0.15) is 0 Å². The molecule has 0 spiro atoms. The zero-order valence-electron chi connectivity index (χ0n) is 11.7. The SMILES string of the molecule is CC[C@@H]1CCc2sc(C(=O)Nc3ccccc3)cc2C1. The summed E-state index contributed by atoms with van der Waals surface area (Å²) in [5.74, 6) is 0.811. The molecule has 1 aromatic heterocycles. The van der Waals surface area contributed by atoms with Gasteiger partial charge in [0.25, 0.3) is 5.91 Å². The minimum absolute atomic E-state index is 0.0173. The molecule has 1 heterocycles.